The molecular weight excluding hydrogens is 429 g/mol. The van der Waals surface area contributed by atoms with E-state index >= 15 is 0 Å². The van der Waals surface area contributed by atoms with Crippen molar-refractivity contribution in [3.63, 3.8) is 0 Å². The molecule has 0 heterocycles. The lowest BCUT2D eigenvalue weighted by molar-refractivity contribution is -0.136. The molecule has 0 aliphatic carbocycles. The zero-order valence-electron chi connectivity index (χ0n) is 13.0. The van der Waals surface area contributed by atoms with Crippen LogP contribution in [0, 0.1) is 0 Å². The summed E-state index contributed by atoms with van der Waals surface area (Å²) in [4.78, 5) is 11.9. The summed E-state index contributed by atoms with van der Waals surface area (Å²) in [6, 6.07) is 7.25. The molecule has 0 unspecified atom stereocenters. The third-order valence-corrected chi connectivity index (χ3v) is 5.44. The average molecular weight is 443 g/mol. The van der Waals surface area contributed by atoms with Crippen LogP contribution in [-0.2, 0) is 11.2 Å². The molecule has 0 spiro atoms. The summed E-state index contributed by atoms with van der Waals surface area (Å²) in [5.41, 5.74) is 1.17. The van der Waals surface area contributed by atoms with E-state index in [1.807, 2.05) is 12.1 Å². The highest BCUT2D eigenvalue weighted by molar-refractivity contribution is 6.55. The van der Waals surface area contributed by atoms with E-state index < -0.39 is 12.6 Å². The SMILES string of the molecule is CCCc1ccc(OC(=O)COc2c(Cl)c(Cl)c(Cl)c(Cl)c2Cl)cc1. The van der Waals surface area contributed by atoms with Gasteiger partial charge in [0.25, 0.3) is 0 Å². The molecule has 3 nitrogen and oxygen atoms in total. The van der Waals surface area contributed by atoms with Gasteiger partial charge in [0.15, 0.2) is 12.4 Å². The van der Waals surface area contributed by atoms with Gasteiger partial charge in [-0.1, -0.05) is 83.5 Å². The zero-order chi connectivity index (χ0) is 18.6. The molecule has 2 rings (SSSR count). The topological polar surface area (TPSA) is 35.5 Å². The lowest BCUT2D eigenvalue weighted by Crippen LogP contribution is -2.18. The maximum absolute atomic E-state index is 11.9. The molecule has 0 amide bonds. The van der Waals surface area contributed by atoms with E-state index in [0.717, 1.165) is 12.8 Å². The van der Waals surface area contributed by atoms with E-state index in [2.05, 4.69) is 6.92 Å². The molecule has 0 bridgehead atoms. The van der Waals surface area contributed by atoms with Gasteiger partial charge in [-0.15, -0.1) is 0 Å². The van der Waals surface area contributed by atoms with Crippen LogP contribution in [0.1, 0.15) is 18.9 Å². The molecule has 0 N–H and O–H groups in total. The Hall–Kier alpha value is -0.840. The van der Waals surface area contributed by atoms with Crippen molar-refractivity contribution in [3.8, 4) is 11.5 Å². The van der Waals surface area contributed by atoms with E-state index in [4.69, 9.17) is 67.5 Å². The van der Waals surface area contributed by atoms with Crippen molar-refractivity contribution in [2.75, 3.05) is 6.61 Å². The number of carbonyl (C=O) groups excluding carboxylic acids is 1. The van der Waals surface area contributed by atoms with Gasteiger partial charge < -0.3 is 9.47 Å². The largest absolute Gasteiger partial charge is 0.479 e. The number of ether oxygens (including phenoxy) is 2. The summed E-state index contributed by atoms with van der Waals surface area (Å²) in [6.07, 6.45) is 2.01. The first-order chi connectivity index (χ1) is 11.8. The fourth-order valence-corrected chi connectivity index (χ4v) is 3.25. The molecule has 8 heteroatoms. The molecule has 0 aliphatic rings. The van der Waals surface area contributed by atoms with Crippen LogP contribution in [0.4, 0.5) is 0 Å². The van der Waals surface area contributed by atoms with Gasteiger partial charge >= 0.3 is 5.97 Å². The van der Waals surface area contributed by atoms with Crippen LogP contribution in [0.3, 0.4) is 0 Å². The quantitative estimate of drug-likeness (QED) is 0.211. The van der Waals surface area contributed by atoms with Gasteiger partial charge in [0, 0.05) is 0 Å². The van der Waals surface area contributed by atoms with Crippen molar-refractivity contribution < 1.29 is 14.3 Å². The lowest BCUT2D eigenvalue weighted by Gasteiger charge is -2.13. The Balaban J connectivity index is 2.03. The van der Waals surface area contributed by atoms with E-state index in [9.17, 15) is 4.79 Å². The van der Waals surface area contributed by atoms with E-state index in [-0.39, 0.29) is 30.9 Å². The predicted molar refractivity (Wildman–Crippen MR) is 103 cm³/mol. The summed E-state index contributed by atoms with van der Waals surface area (Å²) in [6.45, 7) is 1.67. The van der Waals surface area contributed by atoms with Gasteiger partial charge in [-0.25, -0.2) is 4.79 Å². The first-order valence-electron chi connectivity index (χ1n) is 7.29. The number of halogens is 5. The molecule has 134 valence electrons. The number of carbonyl (C=O) groups is 1. The van der Waals surface area contributed by atoms with Crippen LogP contribution < -0.4 is 9.47 Å². The van der Waals surface area contributed by atoms with Crippen LogP contribution in [-0.4, -0.2) is 12.6 Å². The molecule has 0 saturated heterocycles. The second-order valence-electron chi connectivity index (χ2n) is 5.06. The summed E-state index contributed by atoms with van der Waals surface area (Å²) in [5, 5.41) is -0.0590. The fourth-order valence-electron chi connectivity index (χ4n) is 2.02. The molecule has 25 heavy (non-hydrogen) atoms. The van der Waals surface area contributed by atoms with Crippen molar-refractivity contribution >= 4 is 64.0 Å². The molecular formula is C17H13Cl5O3. The van der Waals surface area contributed by atoms with Crippen molar-refractivity contribution in [3.05, 3.63) is 54.9 Å². The second-order valence-corrected chi connectivity index (χ2v) is 6.95. The van der Waals surface area contributed by atoms with Gasteiger partial charge in [-0.05, 0) is 24.1 Å². The normalized spacial score (nSPS) is 10.6. The fraction of sp³-hybridized carbons (Fsp3) is 0.235. The maximum Gasteiger partial charge on any atom is 0.349 e. The number of benzene rings is 2. The van der Waals surface area contributed by atoms with Crippen molar-refractivity contribution in [1.82, 2.24) is 0 Å². The summed E-state index contributed by atoms with van der Waals surface area (Å²) in [7, 11) is 0. The Morgan fingerprint density at radius 1 is 0.880 bits per heavy atom. The van der Waals surface area contributed by atoms with Gasteiger partial charge in [0.1, 0.15) is 15.8 Å². The van der Waals surface area contributed by atoms with Crippen LogP contribution in [0.5, 0.6) is 11.5 Å². The van der Waals surface area contributed by atoms with Crippen LogP contribution in [0.2, 0.25) is 25.1 Å². The molecule has 0 aliphatic heterocycles. The Morgan fingerprint density at radius 3 is 1.92 bits per heavy atom. The molecule has 0 saturated carbocycles. The Labute approximate surface area is 170 Å². The highest BCUT2D eigenvalue weighted by Crippen LogP contribution is 2.48. The van der Waals surface area contributed by atoms with Gasteiger partial charge in [-0.2, -0.15) is 0 Å². The molecule has 0 radical (unpaired) electrons. The van der Waals surface area contributed by atoms with E-state index in [1.165, 1.54) is 5.56 Å². The van der Waals surface area contributed by atoms with Crippen molar-refractivity contribution in [1.29, 1.82) is 0 Å². The monoisotopic (exact) mass is 440 g/mol. The Bertz CT molecular complexity index is 746. The third-order valence-electron chi connectivity index (χ3n) is 3.20. The number of hydrogen-bond donors (Lipinski definition) is 0. The van der Waals surface area contributed by atoms with E-state index in [1.54, 1.807) is 12.1 Å². The summed E-state index contributed by atoms with van der Waals surface area (Å²) >= 11 is 29.8. The standard InChI is InChI=1S/C17H13Cl5O3/c1-2-3-9-4-6-10(7-5-9)25-11(23)8-24-17-15(21)13(19)12(18)14(20)16(17)22/h4-7H,2-3,8H2,1H3. The van der Waals surface area contributed by atoms with Crippen molar-refractivity contribution in [2.45, 2.75) is 19.8 Å². The predicted octanol–water partition coefficient (Wildman–Crippen LogP) is 6.89. The van der Waals surface area contributed by atoms with Crippen LogP contribution in [0.25, 0.3) is 0 Å². The molecule has 0 aromatic heterocycles. The summed E-state index contributed by atoms with van der Waals surface area (Å²) in [5.74, 6) is -0.242. The van der Waals surface area contributed by atoms with Gasteiger partial charge in [0.2, 0.25) is 0 Å². The first-order valence-corrected chi connectivity index (χ1v) is 9.18. The number of hydrogen-bond acceptors (Lipinski definition) is 3. The second kappa shape index (κ2) is 9.20. The summed E-state index contributed by atoms with van der Waals surface area (Å²) < 4.78 is 10.5. The Kier molecular flexibility index (Phi) is 7.53. The van der Waals surface area contributed by atoms with Gasteiger partial charge in [-0.3, -0.25) is 0 Å². The van der Waals surface area contributed by atoms with Gasteiger partial charge in [0.05, 0.1) is 15.1 Å². The minimum atomic E-state index is -0.627. The highest BCUT2D eigenvalue weighted by atomic mass is 35.5. The third kappa shape index (κ3) is 5.08. The number of aryl methyl sites for hydroxylation is 1. The zero-order valence-corrected chi connectivity index (χ0v) is 16.8. The molecule has 0 atom stereocenters. The highest BCUT2D eigenvalue weighted by Gasteiger charge is 2.21. The minimum absolute atomic E-state index is 0.00684. The molecule has 0 fully saturated rings. The molecule has 2 aromatic rings. The van der Waals surface area contributed by atoms with Crippen molar-refractivity contribution in [2.24, 2.45) is 0 Å². The first kappa shape index (κ1) is 20.5. The minimum Gasteiger partial charge on any atom is -0.479 e. The van der Waals surface area contributed by atoms with Crippen LogP contribution >= 0.6 is 58.0 Å². The average Bonchev–Trinajstić information content (AvgIpc) is 2.60. The van der Waals surface area contributed by atoms with E-state index in [0.29, 0.717) is 5.75 Å². The smallest absolute Gasteiger partial charge is 0.349 e. The number of esters is 1. The maximum atomic E-state index is 11.9. The molecule has 2 aromatic carbocycles. The van der Waals surface area contributed by atoms with Crippen LogP contribution in [0.15, 0.2) is 24.3 Å². The lowest BCUT2D eigenvalue weighted by atomic mass is 10.1. The number of rotatable bonds is 6. The Morgan fingerprint density at radius 2 is 1.40 bits per heavy atom.